The van der Waals surface area contributed by atoms with E-state index in [9.17, 15) is 0 Å². The largest absolute Gasteiger partial charge is 0.331 e. The van der Waals surface area contributed by atoms with Crippen LogP contribution in [0, 0.1) is 0 Å². The van der Waals surface area contributed by atoms with Gasteiger partial charge in [-0.1, -0.05) is 37.6 Å². The maximum atomic E-state index is 5.57. The van der Waals surface area contributed by atoms with Crippen molar-refractivity contribution in [3.63, 3.8) is 0 Å². The van der Waals surface area contributed by atoms with E-state index in [1.807, 2.05) is 12.1 Å². The van der Waals surface area contributed by atoms with Crippen molar-refractivity contribution < 1.29 is 0 Å². The van der Waals surface area contributed by atoms with E-state index in [0.29, 0.717) is 5.11 Å². The summed E-state index contributed by atoms with van der Waals surface area (Å²) >= 11 is 5.57. The van der Waals surface area contributed by atoms with E-state index in [-0.39, 0.29) is 0 Å². The molecule has 4 nitrogen and oxygen atoms in total. The monoisotopic (exact) mass is 376 g/mol. The molecule has 1 aromatic heterocycles. The molecule has 0 amide bonds. The number of aryl methyl sites for hydroxylation is 2. The molecule has 138 valence electrons. The van der Waals surface area contributed by atoms with Gasteiger partial charge in [0.1, 0.15) is 11.3 Å². The third-order valence-corrected chi connectivity index (χ3v) is 5.26. The lowest BCUT2D eigenvalue weighted by Gasteiger charge is -2.13. The Bertz CT molecular complexity index is 1030. The highest BCUT2D eigenvalue weighted by molar-refractivity contribution is 7.80. The number of benzene rings is 2. The molecule has 0 fully saturated rings. The Kier molecular flexibility index (Phi) is 5.30. The number of aromatic nitrogens is 2. The van der Waals surface area contributed by atoms with E-state index < -0.39 is 0 Å². The number of nitrogens with zero attached hydrogens (tertiary/aromatic N) is 3. The molecule has 0 bridgehead atoms. The van der Waals surface area contributed by atoms with E-state index in [2.05, 4.69) is 53.2 Å². The van der Waals surface area contributed by atoms with E-state index in [1.165, 1.54) is 18.4 Å². The van der Waals surface area contributed by atoms with Crippen molar-refractivity contribution in [2.45, 2.75) is 45.6 Å². The van der Waals surface area contributed by atoms with Crippen molar-refractivity contribution in [2.24, 2.45) is 4.99 Å². The highest BCUT2D eigenvalue weighted by Crippen LogP contribution is 2.15. The SMILES string of the molecule is CCc1ccc(NC(=S)N=c2c3ccccc3nc3n2CCCCC3)cc1. The first-order valence-electron chi connectivity index (χ1n) is 9.67. The molecule has 0 spiro atoms. The maximum absolute atomic E-state index is 5.57. The molecular weight excluding hydrogens is 352 g/mol. The van der Waals surface area contributed by atoms with Crippen molar-refractivity contribution in [3.05, 3.63) is 65.4 Å². The predicted molar refractivity (Wildman–Crippen MR) is 115 cm³/mol. The molecule has 1 aliphatic rings. The average molecular weight is 377 g/mol. The predicted octanol–water partition coefficient (Wildman–Crippen LogP) is 4.62. The van der Waals surface area contributed by atoms with Gasteiger partial charge in [-0.25, -0.2) is 9.98 Å². The third-order valence-electron chi connectivity index (χ3n) is 5.06. The highest BCUT2D eigenvalue weighted by atomic mass is 32.1. The van der Waals surface area contributed by atoms with E-state index in [4.69, 9.17) is 22.2 Å². The van der Waals surface area contributed by atoms with E-state index in [1.54, 1.807) is 0 Å². The first-order chi connectivity index (χ1) is 13.2. The fourth-order valence-electron chi connectivity index (χ4n) is 3.57. The minimum Gasteiger partial charge on any atom is -0.331 e. The fourth-order valence-corrected chi connectivity index (χ4v) is 3.78. The lowest BCUT2D eigenvalue weighted by molar-refractivity contribution is 0.608. The lowest BCUT2D eigenvalue weighted by atomic mass is 10.1. The molecule has 0 saturated carbocycles. The van der Waals surface area contributed by atoms with Crippen LogP contribution < -0.4 is 10.8 Å². The summed E-state index contributed by atoms with van der Waals surface area (Å²) in [6, 6.07) is 16.5. The molecule has 0 aliphatic carbocycles. The van der Waals surface area contributed by atoms with Gasteiger partial charge in [-0.2, -0.15) is 0 Å². The molecule has 27 heavy (non-hydrogen) atoms. The third kappa shape index (κ3) is 3.93. The Morgan fingerprint density at radius 2 is 1.93 bits per heavy atom. The number of para-hydroxylation sites is 1. The van der Waals surface area contributed by atoms with Gasteiger partial charge >= 0.3 is 0 Å². The van der Waals surface area contributed by atoms with Gasteiger partial charge in [0.2, 0.25) is 0 Å². The zero-order valence-corrected chi connectivity index (χ0v) is 16.4. The first-order valence-corrected chi connectivity index (χ1v) is 10.1. The molecule has 1 aliphatic heterocycles. The van der Waals surface area contributed by atoms with Crippen LogP contribution in [0.15, 0.2) is 53.5 Å². The van der Waals surface area contributed by atoms with Crippen LogP contribution in [0.4, 0.5) is 5.69 Å². The second-order valence-corrected chi connectivity index (χ2v) is 7.31. The highest BCUT2D eigenvalue weighted by Gasteiger charge is 2.12. The molecule has 5 heteroatoms. The van der Waals surface area contributed by atoms with Gasteiger partial charge in [-0.05, 0) is 61.3 Å². The second-order valence-electron chi connectivity index (χ2n) is 6.92. The Morgan fingerprint density at radius 1 is 1.11 bits per heavy atom. The summed E-state index contributed by atoms with van der Waals surface area (Å²) in [5.41, 5.74) is 4.18. The van der Waals surface area contributed by atoms with Crippen molar-refractivity contribution in [1.29, 1.82) is 0 Å². The van der Waals surface area contributed by atoms with Gasteiger partial charge < -0.3 is 9.88 Å². The van der Waals surface area contributed by atoms with Crippen LogP contribution in [0.2, 0.25) is 0 Å². The van der Waals surface area contributed by atoms with Gasteiger partial charge in [0.25, 0.3) is 0 Å². The Hall–Kier alpha value is -2.53. The molecular formula is C22H24N4S. The summed E-state index contributed by atoms with van der Waals surface area (Å²) in [4.78, 5) is 9.71. The van der Waals surface area contributed by atoms with Gasteiger partial charge in [-0.3, -0.25) is 0 Å². The minimum atomic E-state index is 0.481. The standard InChI is InChI=1S/C22H24N4S/c1-2-16-11-13-17(14-12-16)23-22(27)25-21-18-8-5-6-9-19(18)24-20-10-4-3-7-15-26(20)21/h5-6,8-9,11-14H,2-4,7,10,15H2,1H3,(H,23,27). The van der Waals surface area contributed by atoms with Crippen LogP contribution in [0.25, 0.3) is 10.9 Å². The number of hydrogen-bond acceptors (Lipinski definition) is 2. The summed E-state index contributed by atoms with van der Waals surface area (Å²) in [7, 11) is 0. The number of hydrogen-bond donors (Lipinski definition) is 1. The van der Waals surface area contributed by atoms with Crippen molar-refractivity contribution >= 4 is 33.9 Å². The molecule has 0 atom stereocenters. The summed E-state index contributed by atoms with van der Waals surface area (Å²) < 4.78 is 2.25. The van der Waals surface area contributed by atoms with Crippen LogP contribution in [0.5, 0.6) is 0 Å². The summed E-state index contributed by atoms with van der Waals surface area (Å²) in [5.74, 6) is 1.11. The Balaban J connectivity index is 1.76. The van der Waals surface area contributed by atoms with E-state index >= 15 is 0 Å². The number of rotatable bonds is 2. The van der Waals surface area contributed by atoms with Gasteiger partial charge in [0.15, 0.2) is 5.11 Å². The van der Waals surface area contributed by atoms with Crippen LogP contribution >= 0.6 is 12.2 Å². The molecule has 0 saturated heterocycles. The van der Waals surface area contributed by atoms with Crippen molar-refractivity contribution in [3.8, 4) is 0 Å². The molecule has 4 rings (SSSR count). The topological polar surface area (TPSA) is 42.2 Å². The van der Waals surface area contributed by atoms with Crippen molar-refractivity contribution in [1.82, 2.24) is 9.55 Å². The summed E-state index contributed by atoms with van der Waals surface area (Å²) in [5, 5.41) is 4.79. The molecule has 2 heterocycles. The van der Waals surface area contributed by atoms with Crippen LogP contribution in [0.3, 0.4) is 0 Å². The molecule has 0 unspecified atom stereocenters. The van der Waals surface area contributed by atoms with Crippen LogP contribution in [0.1, 0.15) is 37.6 Å². The Labute approximate surface area is 165 Å². The molecule has 1 N–H and O–H groups in total. The van der Waals surface area contributed by atoms with Gasteiger partial charge in [-0.15, -0.1) is 0 Å². The Morgan fingerprint density at radius 3 is 2.74 bits per heavy atom. The lowest BCUT2D eigenvalue weighted by Crippen LogP contribution is -2.28. The first kappa shape index (κ1) is 17.9. The quantitative estimate of drug-likeness (QED) is 0.664. The number of anilines is 1. The zero-order valence-electron chi connectivity index (χ0n) is 15.6. The van der Waals surface area contributed by atoms with Gasteiger partial charge in [0, 0.05) is 24.0 Å². The van der Waals surface area contributed by atoms with Crippen LogP contribution in [-0.4, -0.2) is 14.7 Å². The van der Waals surface area contributed by atoms with Crippen LogP contribution in [-0.2, 0) is 19.4 Å². The summed E-state index contributed by atoms with van der Waals surface area (Å²) in [6.45, 7) is 3.10. The molecule has 3 aromatic rings. The van der Waals surface area contributed by atoms with E-state index in [0.717, 1.165) is 53.7 Å². The zero-order chi connectivity index (χ0) is 18.6. The average Bonchev–Trinajstić information content (AvgIpc) is 2.94. The molecule has 2 aromatic carbocycles. The summed E-state index contributed by atoms with van der Waals surface area (Å²) in [6.07, 6.45) is 5.58. The molecule has 0 radical (unpaired) electrons. The maximum Gasteiger partial charge on any atom is 0.199 e. The minimum absolute atomic E-state index is 0.481. The fraction of sp³-hybridized carbons (Fsp3) is 0.318. The smallest absolute Gasteiger partial charge is 0.199 e. The number of nitrogens with one attached hydrogen (secondary N) is 1. The van der Waals surface area contributed by atoms with Crippen molar-refractivity contribution in [2.75, 3.05) is 5.32 Å². The van der Waals surface area contributed by atoms with Gasteiger partial charge in [0.05, 0.1) is 5.52 Å². The number of thiocarbonyl (C=S) groups is 1. The second kappa shape index (κ2) is 8.01. The number of fused-ring (bicyclic) bond motifs is 2. The normalized spacial score (nSPS) is 14.6.